The van der Waals surface area contributed by atoms with Crippen LogP contribution in [0, 0.1) is 5.92 Å². The molecule has 1 N–H and O–H groups in total. The Bertz CT molecular complexity index is 567. The van der Waals surface area contributed by atoms with Gasteiger partial charge in [0.15, 0.2) is 0 Å². The molecule has 5 heteroatoms. The van der Waals surface area contributed by atoms with Crippen LogP contribution >= 0.6 is 0 Å². The summed E-state index contributed by atoms with van der Waals surface area (Å²) >= 11 is 0. The van der Waals surface area contributed by atoms with Gasteiger partial charge in [-0.25, -0.2) is 0 Å². The van der Waals surface area contributed by atoms with Crippen molar-refractivity contribution in [2.75, 3.05) is 11.9 Å². The third-order valence-corrected chi connectivity index (χ3v) is 3.99. The number of hydrogen-bond donors (Lipinski definition) is 1. The fourth-order valence-corrected chi connectivity index (χ4v) is 2.75. The molecule has 3 rings (SSSR count). The van der Waals surface area contributed by atoms with E-state index in [1.165, 1.54) is 0 Å². The van der Waals surface area contributed by atoms with Gasteiger partial charge in [0.05, 0.1) is 11.8 Å². The van der Waals surface area contributed by atoms with Gasteiger partial charge in [-0.2, -0.15) is 0 Å². The molecule has 2 aromatic rings. The smallest absolute Gasteiger partial charge is 0.123 e. The first-order chi connectivity index (χ1) is 10.2. The Morgan fingerprint density at radius 2 is 2.10 bits per heavy atom. The van der Waals surface area contributed by atoms with E-state index in [0.717, 1.165) is 30.8 Å². The molecule has 0 aliphatic carbocycles. The zero-order chi connectivity index (χ0) is 14.7. The predicted octanol–water partition coefficient (Wildman–Crippen LogP) is 2.88. The molecule has 2 heterocycles. The van der Waals surface area contributed by atoms with Crippen LogP contribution < -0.4 is 5.32 Å². The van der Waals surface area contributed by atoms with E-state index in [0.29, 0.717) is 18.1 Å². The van der Waals surface area contributed by atoms with Crippen molar-refractivity contribution in [2.45, 2.75) is 38.8 Å². The highest BCUT2D eigenvalue weighted by molar-refractivity contribution is 5.51. The molecular formula is C16H22N4O. The minimum absolute atomic E-state index is 0.359. The molecule has 112 valence electrons. The Balaban J connectivity index is 1.69. The van der Waals surface area contributed by atoms with Crippen LogP contribution in [0.3, 0.4) is 0 Å². The number of rotatable bonds is 4. The molecule has 0 bridgehead atoms. The lowest BCUT2D eigenvalue weighted by molar-refractivity contribution is -0.0160. The molecule has 1 fully saturated rings. The first kappa shape index (κ1) is 14.1. The van der Waals surface area contributed by atoms with E-state index in [4.69, 9.17) is 4.74 Å². The molecule has 0 saturated carbocycles. The Labute approximate surface area is 125 Å². The second kappa shape index (κ2) is 6.26. The van der Waals surface area contributed by atoms with Crippen molar-refractivity contribution >= 4 is 5.69 Å². The van der Waals surface area contributed by atoms with Crippen molar-refractivity contribution in [2.24, 2.45) is 5.92 Å². The van der Waals surface area contributed by atoms with Crippen LogP contribution in [0.15, 0.2) is 36.9 Å². The highest BCUT2D eigenvalue weighted by Crippen LogP contribution is 2.24. The molecule has 1 aliphatic heterocycles. The van der Waals surface area contributed by atoms with Crippen LogP contribution in [0.4, 0.5) is 5.69 Å². The first-order valence-electron chi connectivity index (χ1n) is 7.55. The fraction of sp³-hybridized carbons (Fsp3) is 0.500. The lowest BCUT2D eigenvalue weighted by Crippen LogP contribution is -2.36. The van der Waals surface area contributed by atoms with Gasteiger partial charge in [-0.15, -0.1) is 10.2 Å². The van der Waals surface area contributed by atoms with Crippen molar-refractivity contribution in [3.05, 3.63) is 36.9 Å². The van der Waals surface area contributed by atoms with E-state index in [2.05, 4.69) is 53.6 Å². The zero-order valence-corrected chi connectivity index (χ0v) is 12.6. The van der Waals surface area contributed by atoms with E-state index in [9.17, 15) is 0 Å². The van der Waals surface area contributed by atoms with Crippen molar-refractivity contribution < 1.29 is 4.74 Å². The van der Waals surface area contributed by atoms with Gasteiger partial charge in [-0.3, -0.25) is 4.57 Å². The van der Waals surface area contributed by atoms with E-state index in [-0.39, 0.29) is 0 Å². The number of benzene rings is 1. The monoisotopic (exact) mass is 286 g/mol. The summed E-state index contributed by atoms with van der Waals surface area (Å²) < 4.78 is 7.74. The molecule has 21 heavy (non-hydrogen) atoms. The Morgan fingerprint density at radius 3 is 2.86 bits per heavy atom. The number of ether oxygens (including phenoxy) is 1. The molecule has 0 radical (unpaired) electrons. The van der Waals surface area contributed by atoms with Gasteiger partial charge in [-0.1, -0.05) is 19.9 Å². The van der Waals surface area contributed by atoms with Gasteiger partial charge in [0.1, 0.15) is 12.7 Å². The summed E-state index contributed by atoms with van der Waals surface area (Å²) in [6.07, 6.45) is 5.90. The maximum absolute atomic E-state index is 5.83. The summed E-state index contributed by atoms with van der Waals surface area (Å²) in [6, 6.07) is 8.81. The third kappa shape index (κ3) is 3.42. The summed E-state index contributed by atoms with van der Waals surface area (Å²) in [5, 5.41) is 11.3. The average Bonchev–Trinajstić information content (AvgIpc) is 3.02. The Hall–Kier alpha value is -1.88. The summed E-state index contributed by atoms with van der Waals surface area (Å²) in [7, 11) is 0. The SMILES string of the molecule is CC(C)C1CC(Nc2cccc(-n3cnnc3)c2)CCO1. The minimum Gasteiger partial charge on any atom is -0.382 e. The molecule has 1 saturated heterocycles. The van der Waals surface area contributed by atoms with E-state index < -0.39 is 0 Å². The largest absolute Gasteiger partial charge is 0.382 e. The normalized spacial score (nSPS) is 22.4. The molecule has 2 unspecified atom stereocenters. The second-order valence-corrected chi connectivity index (χ2v) is 5.94. The first-order valence-corrected chi connectivity index (χ1v) is 7.55. The van der Waals surface area contributed by atoms with Gasteiger partial charge in [0, 0.05) is 18.3 Å². The van der Waals surface area contributed by atoms with Gasteiger partial charge < -0.3 is 10.1 Å². The van der Waals surface area contributed by atoms with E-state index in [1.54, 1.807) is 12.7 Å². The molecule has 1 aromatic heterocycles. The van der Waals surface area contributed by atoms with Gasteiger partial charge in [0.25, 0.3) is 0 Å². The van der Waals surface area contributed by atoms with Gasteiger partial charge in [-0.05, 0) is 37.0 Å². The molecule has 2 atom stereocenters. The topological polar surface area (TPSA) is 52.0 Å². The minimum atomic E-state index is 0.359. The summed E-state index contributed by atoms with van der Waals surface area (Å²) in [5.41, 5.74) is 2.20. The summed E-state index contributed by atoms with van der Waals surface area (Å²) in [6.45, 7) is 5.28. The molecule has 5 nitrogen and oxygen atoms in total. The quantitative estimate of drug-likeness (QED) is 0.939. The molecule has 1 aromatic carbocycles. The Kier molecular flexibility index (Phi) is 4.20. The summed E-state index contributed by atoms with van der Waals surface area (Å²) in [5.74, 6) is 0.568. The van der Waals surface area contributed by atoms with Crippen LogP contribution in [0.5, 0.6) is 0 Å². The molecule has 1 aliphatic rings. The van der Waals surface area contributed by atoms with Crippen molar-refractivity contribution in [3.8, 4) is 5.69 Å². The lowest BCUT2D eigenvalue weighted by Gasteiger charge is -2.33. The second-order valence-electron chi connectivity index (χ2n) is 5.94. The van der Waals surface area contributed by atoms with Crippen molar-refractivity contribution in [1.29, 1.82) is 0 Å². The average molecular weight is 286 g/mol. The zero-order valence-electron chi connectivity index (χ0n) is 12.6. The number of anilines is 1. The van der Waals surface area contributed by atoms with Crippen LogP contribution in [0.25, 0.3) is 5.69 Å². The predicted molar refractivity (Wildman–Crippen MR) is 82.6 cm³/mol. The number of nitrogens with zero attached hydrogens (tertiary/aromatic N) is 3. The van der Waals surface area contributed by atoms with Crippen molar-refractivity contribution in [3.63, 3.8) is 0 Å². The molecular weight excluding hydrogens is 264 g/mol. The van der Waals surface area contributed by atoms with E-state index >= 15 is 0 Å². The lowest BCUT2D eigenvalue weighted by atomic mass is 9.95. The van der Waals surface area contributed by atoms with Crippen LogP contribution in [0.1, 0.15) is 26.7 Å². The van der Waals surface area contributed by atoms with Crippen LogP contribution in [0.2, 0.25) is 0 Å². The van der Waals surface area contributed by atoms with Crippen LogP contribution in [-0.2, 0) is 4.74 Å². The fourth-order valence-electron chi connectivity index (χ4n) is 2.75. The maximum atomic E-state index is 5.83. The van der Waals surface area contributed by atoms with Gasteiger partial charge >= 0.3 is 0 Å². The highest BCUT2D eigenvalue weighted by Gasteiger charge is 2.24. The third-order valence-electron chi connectivity index (χ3n) is 3.99. The Morgan fingerprint density at radius 1 is 1.29 bits per heavy atom. The van der Waals surface area contributed by atoms with Gasteiger partial charge in [0.2, 0.25) is 0 Å². The van der Waals surface area contributed by atoms with E-state index in [1.807, 2.05) is 4.57 Å². The maximum Gasteiger partial charge on any atom is 0.123 e. The number of hydrogen-bond acceptors (Lipinski definition) is 4. The number of nitrogens with one attached hydrogen (secondary N) is 1. The summed E-state index contributed by atoms with van der Waals surface area (Å²) in [4.78, 5) is 0. The molecule has 0 spiro atoms. The van der Waals surface area contributed by atoms with Crippen molar-refractivity contribution in [1.82, 2.24) is 14.8 Å². The number of aromatic nitrogens is 3. The van der Waals surface area contributed by atoms with Crippen LogP contribution in [-0.4, -0.2) is 33.5 Å². The standard InChI is InChI=1S/C16H22N4O/c1-12(2)16-9-14(6-7-21-16)19-13-4-3-5-15(8-13)20-10-17-18-11-20/h3-5,8,10-12,14,16,19H,6-7,9H2,1-2H3. The molecule has 0 amide bonds. The highest BCUT2D eigenvalue weighted by atomic mass is 16.5.